The van der Waals surface area contributed by atoms with Crippen molar-refractivity contribution in [2.24, 2.45) is 0 Å². The Balaban J connectivity index is 1.46. The average Bonchev–Trinajstić information content (AvgIpc) is 3.07. The van der Waals surface area contributed by atoms with Crippen LogP contribution < -0.4 is 5.32 Å². The molecule has 0 aliphatic rings. The van der Waals surface area contributed by atoms with E-state index in [-0.39, 0.29) is 5.91 Å². The van der Waals surface area contributed by atoms with Crippen LogP contribution >= 0.6 is 11.3 Å². The topological polar surface area (TPSA) is 67.8 Å². The maximum Gasteiger partial charge on any atom is 0.226 e. The summed E-state index contributed by atoms with van der Waals surface area (Å²) < 4.78 is 0. The van der Waals surface area contributed by atoms with Crippen LogP contribution in [0.3, 0.4) is 0 Å². The molecule has 0 atom stereocenters. The second-order valence-corrected chi connectivity index (χ2v) is 6.35. The summed E-state index contributed by atoms with van der Waals surface area (Å²) in [5.74, 6) is -0.0233. The van der Waals surface area contributed by atoms with E-state index in [1.54, 1.807) is 36.1 Å². The number of rotatable bonds is 7. The van der Waals surface area contributed by atoms with Gasteiger partial charge in [0.15, 0.2) is 0 Å². The van der Waals surface area contributed by atoms with Crippen molar-refractivity contribution >= 4 is 17.2 Å². The zero-order valence-corrected chi connectivity index (χ0v) is 14.0. The van der Waals surface area contributed by atoms with Gasteiger partial charge in [0.05, 0.1) is 17.1 Å². The zero-order valence-electron chi connectivity index (χ0n) is 13.2. The van der Waals surface area contributed by atoms with Gasteiger partial charge < -0.3 is 5.32 Å². The van der Waals surface area contributed by atoms with Gasteiger partial charge in [0, 0.05) is 43.1 Å². The molecule has 6 heteroatoms. The van der Waals surface area contributed by atoms with Crippen LogP contribution in [0.15, 0.2) is 54.4 Å². The Morgan fingerprint density at radius 2 is 1.92 bits per heavy atom. The van der Waals surface area contributed by atoms with Gasteiger partial charge in [-0.1, -0.05) is 6.07 Å². The molecule has 0 aliphatic heterocycles. The van der Waals surface area contributed by atoms with Gasteiger partial charge in [-0.15, -0.1) is 11.3 Å². The summed E-state index contributed by atoms with van der Waals surface area (Å²) in [6.45, 7) is 0.492. The normalized spacial score (nSPS) is 10.5. The molecular formula is C18H18N4OS. The van der Waals surface area contributed by atoms with Crippen LogP contribution in [0.4, 0.5) is 0 Å². The minimum atomic E-state index is -0.0233. The highest BCUT2D eigenvalue weighted by Crippen LogP contribution is 2.13. The van der Waals surface area contributed by atoms with Gasteiger partial charge in [-0.2, -0.15) is 0 Å². The Bertz CT molecular complexity index is 774. The molecular weight excluding hydrogens is 320 g/mol. The van der Waals surface area contributed by atoms with E-state index in [0.29, 0.717) is 13.0 Å². The number of thiazole rings is 1. The number of hydrogen-bond donors (Lipinski definition) is 1. The van der Waals surface area contributed by atoms with Crippen molar-refractivity contribution in [1.29, 1.82) is 0 Å². The number of aromatic nitrogens is 3. The van der Waals surface area contributed by atoms with Gasteiger partial charge in [0.1, 0.15) is 0 Å². The molecule has 0 radical (unpaired) electrons. The first kappa shape index (κ1) is 16.3. The molecule has 0 bridgehead atoms. The van der Waals surface area contributed by atoms with Crippen molar-refractivity contribution < 1.29 is 4.79 Å². The lowest BCUT2D eigenvalue weighted by atomic mass is 10.1. The highest BCUT2D eigenvalue weighted by atomic mass is 32.1. The third-order valence-corrected chi connectivity index (χ3v) is 4.49. The first-order chi connectivity index (χ1) is 11.8. The van der Waals surface area contributed by atoms with E-state index in [9.17, 15) is 4.79 Å². The lowest BCUT2D eigenvalue weighted by Crippen LogP contribution is -2.24. The molecule has 3 aromatic rings. The van der Waals surface area contributed by atoms with E-state index < -0.39 is 0 Å². The number of aryl methyl sites for hydroxylation is 2. The van der Waals surface area contributed by atoms with E-state index >= 15 is 0 Å². The first-order valence-electron chi connectivity index (χ1n) is 7.77. The number of carbonyl (C=O) groups is 1. The number of carbonyl (C=O) groups excluding carboxylic acids is 1. The number of hydrogen-bond acceptors (Lipinski definition) is 5. The van der Waals surface area contributed by atoms with E-state index in [1.807, 2.05) is 29.6 Å². The summed E-state index contributed by atoms with van der Waals surface area (Å²) in [7, 11) is 0. The lowest BCUT2D eigenvalue weighted by Gasteiger charge is -2.03. The summed E-state index contributed by atoms with van der Waals surface area (Å²) in [5, 5.41) is 5.91. The lowest BCUT2D eigenvalue weighted by molar-refractivity contribution is -0.120. The second kappa shape index (κ2) is 8.31. The third kappa shape index (κ3) is 4.96. The van der Waals surface area contributed by atoms with E-state index in [2.05, 4.69) is 20.3 Å². The molecule has 1 amide bonds. The van der Waals surface area contributed by atoms with Gasteiger partial charge in [-0.3, -0.25) is 14.8 Å². The van der Waals surface area contributed by atoms with Crippen molar-refractivity contribution in [2.45, 2.75) is 25.8 Å². The minimum Gasteiger partial charge on any atom is -0.352 e. The standard InChI is InChI=1S/C18H18N4OS/c23-17(21-12-15-2-1-7-20-11-15)10-16-13-24-18(22-16)4-3-14-5-8-19-9-6-14/h1-2,5-9,11,13H,3-4,10,12H2,(H,21,23). The number of pyridine rings is 2. The van der Waals surface area contributed by atoms with Crippen LogP contribution in [0.1, 0.15) is 21.8 Å². The van der Waals surface area contributed by atoms with Crippen molar-refractivity contribution in [2.75, 3.05) is 0 Å². The van der Waals surface area contributed by atoms with Gasteiger partial charge in [0.25, 0.3) is 0 Å². The molecule has 3 rings (SSSR count). The average molecular weight is 338 g/mol. The Hall–Kier alpha value is -2.60. The van der Waals surface area contributed by atoms with Gasteiger partial charge in [-0.05, 0) is 35.7 Å². The smallest absolute Gasteiger partial charge is 0.226 e. The SMILES string of the molecule is O=C(Cc1csc(CCc2ccncc2)n1)NCc1cccnc1. The Morgan fingerprint density at radius 3 is 2.71 bits per heavy atom. The summed E-state index contributed by atoms with van der Waals surface area (Å²) in [6, 6.07) is 7.82. The third-order valence-electron chi connectivity index (χ3n) is 3.53. The first-order valence-corrected chi connectivity index (χ1v) is 8.65. The Labute approximate surface area is 144 Å². The molecule has 0 unspecified atom stereocenters. The molecule has 24 heavy (non-hydrogen) atoms. The molecule has 122 valence electrons. The molecule has 3 heterocycles. The summed E-state index contributed by atoms with van der Waals surface area (Å²) in [5.41, 5.74) is 3.06. The summed E-state index contributed by atoms with van der Waals surface area (Å²) in [6.07, 6.45) is 9.19. The van der Waals surface area contributed by atoms with Gasteiger partial charge >= 0.3 is 0 Å². The van der Waals surface area contributed by atoms with E-state index in [4.69, 9.17) is 0 Å². The highest BCUT2D eigenvalue weighted by Gasteiger charge is 2.08. The van der Waals surface area contributed by atoms with Crippen LogP contribution in [-0.2, 0) is 30.6 Å². The fourth-order valence-electron chi connectivity index (χ4n) is 2.28. The molecule has 0 aromatic carbocycles. The maximum absolute atomic E-state index is 12.0. The predicted molar refractivity (Wildman–Crippen MR) is 93.5 cm³/mol. The van der Waals surface area contributed by atoms with E-state index in [0.717, 1.165) is 29.1 Å². The Morgan fingerprint density at radius 1 is 1.04 bits per heavy atom. The van der Waals surface area contributed by atoms with Crippen LogP contribution in [0, 0.1) is 0 Å². The number of nitrogens with one attached hydrogen (secondary N) is 1. The molecule has 5 nitrogen and oxygen atoms in total. The van der Waals surface area contributed by atoms with E-state index in [1.165, 1.54) is 5.56 Å². The monoisotopic (exact) mass is 338 g/mol. The fraction of sp³-hybridized carbons (Fsp3) is 0.222. The molecule has 0 saturated carbocycles. The molecule has 1 N–H and O–H groups in total. The van der Waals surface area contributed by atoms with Crippen molar-refractivity contribution in [3.63, 3.8) is 0 Å². The largest absolute Gasteiger partial charge is 0.352 e. The highest BCUT2D eigenvalue weighted by molar-refractivity contribution is 7.09. The number of amides is 1. The molecule has 0 saturated heterocycles. The number of nitrogens with zero attached hydrogens (tertiary/aromatic N) is 3. The van der Waals surface area contributed by atoms with Crippen molar-refractivity contribution in [1.82, 2.24) is 20.3 Å². The molecule has 0 aliphatic carbocycles. The molecule has 0 fully saturated rings. The zero-order chi connectivity index (χ0) is 16.6. The second-order valence-electron chi connectivity index (χ2n) is 5.40. The van der Waals surface area contributed by atoms with Crippen molar-refractivity contribution in [3.05, 3.63) is 76.3 Å². The quantitative estimate of drug-likeness (QED) is 0.719. The minimum absolute atomic E-state index is 0.0233. The van der Waals surface area contributed by atoms with Crippen LogP contribution in [0.2, 0.25) is 0 Å². The van der Waals surface area contributed by atoms with Gasteiger partial charge in [-0.25, -0.2) is 4.98 Å². The molecule has 3 aromatic heterocycles. The fourth-order valence-corrected chi connectivity index (χ4v) is 3.07. The van der Waals surface area contributed by atoms with Crippen LogP contribution in [0.5, 0.6) is 0 Å². The maximum atomic E-state index is 12.0. The predicted octanol–water partition coefficient (Wildman–Crippen LogP) is 2.58. The summed E-state index contributed by atoms with van der Waals surface area (Å²) >= 11 is 1.61. The van der Waals surface area contributed by atoms with Crippen LogP contribution in [0.25, 0.3) is 0 Å². The summed E-state index contributed by atoms with van der Waals surface area (Å²) in [4.78, 5) is 24.6. The van der Waals surface area contributed by atoms with Crippen molar-refractivity contribution in [3.8, 4) is 0 Å². The van der Waals surface area contributed by atoms with Gasteiger partial charge in [0.2, 0.25) is 5.91 Å². The van der Waals surface area contributed by atoms with Crippen LogP contribution in [-0.4, -0.2) is 20.9 Å². The molecule has 0 spiro atoms. The Kier molecular flexibility index (Phi) is 5.63.